The van der Waals surface area contributed by atoms with Gasteiger partial charge in [0, 0.05) is 0 Å². The molecule has 1 aromatic heterocycles. The Morgan fingerprint density at radius 1 is 1.16 bits per heavy atom. The van der Waals surface area contributed by atoms with Gasteiger partial charge in [-0.15, -0.1) is 0 Å². The minimum absolute atomic E-state index is 0.0288. The zero-order valence-electron chi connectivity index (χ0n) is 11.7. The second-order valence-electron chi connectivity index (χ2n) is 4.82. The summed E-state index contributed by atoms with van der Waals surface area (Å²) in [6, 6.07) is 9.06. The first-order chi connectivity index (χ1) is 8.99. The molecule has 0 aliphatic carbocycles. The summed E-state index contributed by atoms with van der Waals surface area (Å²) in [7, 11) is 0. The minimum Gasteiger partial charge on any atom is -0.490 e. The molecule has 0 bridgehead atoms. The number of carbonyl (C=O) groups excluding carboxylic acids is 1. The highest BCUT2D eigenvalue weighted by Crippen LogP contribution is 2.25. The molecule has 100 valence electrons. The van der Waals surface area contributed by atoms with Gasteiger partial charge in [-0.25, -0.2) is 0 Å². The first kappa shape index (κ1) is 13.4. The van der Waals surface area contributed by atoms with Gasteiger partial charge in [-0.3, -0.25) is 4.79 Å². The van der Waals surface area contributed by atoms with E-state index in [1.165, 1.54) is 0 Å². The molecule has 1 heterocycles. The summed E-state index contributed by atoms with van der Waals surface area (Å²) < 4.78 is 11.1. The largest absolute Gasteiger partial charge is 0.490 e. The number of ether oxygens (including phenoxy) is 1. The zero-order valence-corrected chi connectivity index (χ0v) is 11.7. The fourth-order valence-corrected chi connectivity index (χ4v) is 2.01. The molecule has 0 saturated carbocycles. The highest BCUT2D eigenvalue weighted by atomic mass is 16.5. The summed E-state index contributed by atoms with van der Waals surface area (Å²) in [6.45, 7) is 7.51. The Kier molecular flexibility index (Phi) is 3.74. The highest BCUT2D eigenvalue weighted by Gasteiger charge is 2.19. The summed E-state index contributed by atoms with van der Waals surface area (Å²) in [5.41, 5.74) is 1.16. The van der Waals surface area contributed by atoms with E-state index >= 15 is 0 Å². The first-order valence-corrected chi connectivity index (χ1v) is 6.36. The third-order valence-electron chi connectivity index (χ3n) is 2.78. The number of ketones is 1. The Morgan fingerprint density at radius 3 is 2.42 bits per heavy atom. The van der Waals surface area contributed by atoms with Gasteiger partial charge in [0.1, 0.15) is 17.3 Å². The van der Waals surface area contributed by atoms with E-state index in [4.69, 9.17) is 9.15 Å². The molecule has 3 heteroatoms. The normalized spacial score (nSPS) is 10.8. The van der Waals surface area contributed by atoms with Crippen LogP contribution in [0.2, 0.25) is 0 Å². The van der Waals surface area contributed by atoms with E-state index in [0.29, 0.717) is 22.6 Å². The van der Waals surface area contributed by atoms with Gasteiger partial charge in [-0.05, 0) is 45.9 Å². The van der Waals surface area contributed by atoms with Crippen molar-refractivity contribution >= 4 is 5.78 Å². The van der Waals surface area contributed by atoms with Crippen LogP contribution in [0.1, 0.15) is 41.3 Å². The predicted molar refractivity (Wildman–Crippen MR) is 73.8 cm³/mol. The molecule has 2 aromatic rings. The van der Waals surface area contributed by atoms with Crippen LogP contribution in [0.5, 0.6) is 5.75 Å². The lowest BCUT2D eigenvalue weighted by molar-refractivity contribution is 0.103. The molecule has 0 aliphatic rings. The zero-order chi connectivity index (χ0) is 14.0. The average molecular weight is 258 g/mol. The third kappa shape index (κ3) is 2.87. The van der Waals surface area contributed by atoms with Crippen LogP contribution in [0, 0.1) is 13.8 Å². The summed E-state index contributed by atoms with van der Waals surface area (Å²) >= 11 is 0. The van der Waals surface area contributed by atoms with Gasteiger partial charge in [0.05, 0.1) is 17.2 Å². The Hall–Kier alpha value is -2.03. The van der Waals surface area contributed by atoms with Crippen LogP contribution in [-0.4, -0.2) is 11.9 Å². The average Bonchev–Trinajstić information content (AvgIpc) is 2.67. The van der Waals surface area contributed by atoms with Crippen molar-refractivity contribution < 1.29 is 13.9 Å². The molecule has 0 saturated heterocycles. The van der Waals surface area contributed by atoms with Crippen LogP contribution in [0.4, 0.5) is 0 Å². The van der Waals surface area contributed by atoms with E-state index in [9.17, 15) is 4.79 Å². The van der Waals surface area contributed by atoms with Crippen LogP contribution in [0.3, 0.4) is 0 Å². The van der Waals surface area contributed by atoms with Crippen molar-refractivity contribution in [2.75, 3.05) is 0 Å². The molecule has 0 spiro atoms. The van der Waals surface area contributed by atoms with Gasteiger partial charge in [0.2, 0.25) is 0 Å². The van der Waals surface area contributed by atoms with Gasteiger partial charge in [-0.2, -0.15) is 0 Å². The van der Waals surface area contributed by atoms with Crippen LogP contribution in [-0.2, 0) is 0 Å². The van der Waals surface area contributed by atoms with Gasteiger partial charge in [0.25, 0.3) is 0 Å². The highest BCUT2D eigenvalue weighted by molar-refractivity contribution is 6.11. The SMILES string of the molecule is Cc1cc(C(=O)c2ccccc2OC(C)C)c(C)o1. The Morgan fingerprint density at radius 2 is 1.84 bits per heavy atom. The van der Waals surface area contributed by atoms with Crippen LogP contribution in [0.25, 0.3) is 0 Å². The number of furan rings is 1. The van der Waals surface area contributed by atoms with Gasteiger partial charge < -0.3 is 9.15 Å². The van der Waals surface area contributed by atoms with E-state index < -0.39 is 0 Å². The molecule has 0 aliphatic heterocycles. The van der Waals surface area contributed by atoms with Crippen molar-refractivity contribution in [3.8, 4) is 5.75 Å². The van der Waals surface area contributed by atoms with E-state index in [0.717, 1.165) is 5.76 Å². The van der Waals surface area contributed by atoms with E-state index in [1.54, 1.807) is 19.1 Å². The third-order valence-corrected chi connectivity index (χ3v) is 2.78. The number of aryl methyl sites for hydroxylation is 2. The van der Waals surface area contributed by atoms with Crippen molar-refractivity contribution in [2.45, 2.75) is 33.8 Å². The van der Waals surface area contributed by atoms with Crippen molar-refractivity contribution in [3.05, 3.63) is 53.0 Å². The summed E-state index contributed by atoms with van der Waals surface area (Å²) in [4.78, 5) is 12.5. The van der Waals surface area contributed by atoms with Gasteiger partial charge in [-0.1, -0.05) is 12.1 Å². The Labute approximate surface area is 113 Å². The Balaban J connectivity index is 2.41. The lowest BCUT2D eigenvalue weighted by Gasteiger charge is -2.13. The number of benzene rings is 1. The Bertz CT molecular complexity index is 594. The molecule has 0 fully saturated rings. The number of carbonyl (C=O) groups is 1. The van der Waals surface area contributed by atoms with Gasteiger partial charge >= 0.3 is 0 Å². The maximum Gasteiger partial charge on any atom is 0.200 e. The molecule has 1 aromatic carbocycles. The number of rotatable bonds is 4. The number of hydrogen-bond donors (Lipinski definition) is 0. The summed E-state index contributed by atoms with van der Waals surface area (Å²) in [6.07, 6.45) is 0.0288. The maximum absolute atomic E-state index is 12.5. The molecular formula is C16H18O3. The summed E-state index contributed by atoms with van der Waals surface area (Å²) in [5, 5.41) is 0. The lowest BCUT2D eigenvalue weighted by atomic mass is 10.0. The molecule has 0 radical (unpaired) electrons. The smallest absolute Gasteiger partial charge is 0.200 e. The van der Waals surface area contributed by atoms with E-state index in [2.05, 4.69) is 0 Å². The molecule has 0 amide bonds. The first-order valence-electron chi connectivity index (χ1n) is 6.36. The molecule has 0 N–H and O–H groups in total. The van der Waals surface area contributed by atoms with Crippen molar-refractivity contribution in [3.63, 3.8) is 0 Å². The monoisotopic (exact) mass is 258 g/mol. The maximum atomic E-state index is 12.5. The second-order valence-corrected chi connectivity index (χ2v) is 4.82. The number of hydrogen-bond acceptors (Lipinski definition) is 3. The quantitative estimate of drug-likeness (QED) is 0.780. The van der Waals surface area contributed by atoms with Crippen LogP contribution < -0.4 is 4.74 Å². The molecule has 0 atom stereocenters. The molecule has 19 heavy (non-hydrogen) atoms. The molecule has 3 nitrogen and oxygen atoms in total. The topological polar surface area (TPSA) is 39.4 Å². The predicted octanol–water partition coefficient (Wildman–Crippen LogP) is 3.91. The second kappa shape index (κ2) is 5.31. The molecule has 0 unspecified atom stereocenters. The van der Waals surface area contributed by atoms with E-state index in [1.807, 2.05) is 39.0 Å². The lowest BCUT2D eigenvalue weighted by Crippen LogP contribution is -2.10. The van der Waals surface area contributed by atoms with Gasteiger partial charge in [0.15, 0.2) is 5.78 Å². The summed E-state index contributed by atoms with van der Waals surface area (Å²) in [5.74, 6) is 1.93. The van der Waals surface area contributed by atoms with Crippen LogP contribution in [0.15, 0.2) is 34.7 Å². The minimum atomic E-state index is -0.0643. The number of para-hydroxylation sites is 1. The fraction of sp³-hybridized carbons (Fsp3) is 0.312. The van der Waals surface area contributed by atoms with E-state index in [-0.39, 0.29) is 11.9 Å². The fourth-order valence-electron chi connectivity index (χ4n) is 2.01. The standard InChI is InChI=1S/C16H18O3/c1-10(2)18-15-8-6-5-7-13(15)16(17)14-9-11(3)19-12(14)4/h5-10H,1-4H3. The van der Waals surface area contributed by atoms with Crippen molar-refractivity contribution in [2.24, 2.45) is 0 Å². The van der Waals surface area contributed by atoms with Crippen LogP contribution >= 0.6 is 0 Å². The molecular weight excluding hydrogens is 240 g/mol. The van der Waals surface area contributed by atoms with Crippen molar-refractivity contribution in [1.29, 1.82) is 0 Å². The molecule has 2 rings (SSSR count). The van der Waals surface area contributed by atoms with Crippen molar-refractivity contribution in [1.82, 2.24) is 0 Å².